The Morgan fingerprint density at radius 2 is 1.85 bits per heavy atom. The van der Waals surface area contributed by atoms with Gasteiger partial charge in [-0.05, 0) is 62.2 Å². The molecule has 3 aromatic rings. The maximum Gasteiger partial charge on any atom is 0.261 e. The highest BCUT2D eigenvalue weighted by Gasteiger charge is 2.38. The lowest BCUT2D eigenvalue weighted by Crippen LogP contribution is -2.36. The van der Waals surface area contributed by atoms with Gasteiger partial charge in [-0.15, -0.1) is 0 Å². The first kappa shape index (κ1) is 21.2. The second-order valence-corrected chi connectivity index (χ2v) is 8.42. The number of carbonyl (C=O) groups is 3. The van der Waals surface area contributed by atoms with Crippen molar-refractivity contribution in [2.75, 3.05) is 18.1 Å². The van der Waals surface area contributed by atoms with Gasteiger partial charge in [-0.3, -0.25) is 19.3 Å². The van der Waals surface area contributed by atoms with Crippen molar-refractivity contribution in [1.29, 1.82) is 0 Å². The minimum atomic E-state index is -0.381. The smallest absolute Gasteiger partial charge is 0.261 e. The van der Waals surface area contributed by atoms with E-state index in [9.17, 15) is 14.4 Å². The van der Waals surface area contributed by atoms with Gasteiger partial charge in [-0.1, -0.05) is 17.7 Å². The van der Waals surface area contributed by atoms with Crippen LogP contribution in [0.2, 0.25) is 0 Å². The Balaban J connectivity index is 1.44. The van der Waals surface area contributed by atoms with E-state index in [0.717, 1.165) is 18.4 Å². The molecule has 1 aromatic heterocycles. The van der Waals surface area contributed by atoms with Gasteiger partial charge in [0, 0.05) is 17.9 Å². The van der Waals surface area contributed by atoms with E-state index in [0.29, 0.717) is 29.2 Å². The second kappa shape index (κ2) is 8.67. The first-order chi connectivity index (χ1) is 16.0. The molecule has 1 atom stereocenters. The minimum Gasteiger partial charge on any atom is -0.467 e. The zero-order valence-electron chi connectivity index (χ0n) is 18.3. The molecular weight excluding hydrogens is 420 g/mol. The van der Waals surface area contributed by atoms with E-state index in [2.05, 4.69) is 0 Å². The van der Waals surface area contributed by atoms with Gasteiger partial charge in [-0.25, -0.2) is 0 Å². The van der Waals surface area contributed by atoms with Gasteiger partial charge in [0.1, 0.15) is 5.76 Å². The first-order valence-electron chi connectivity index (χ1n) is 11.0. The number of benzene rings is 2. The Bertz CT molecular complexity index is 1190. The van der Waals surface area contributed by atoms with E-state index in [1.807, 2.05) is 37.3 Å². The summed E-state index contributed by atoms with van der Waals surface area (Å²) in [6.45, 7) is 3.11. The van der Waals surface area contributed by atoms with E-state index >= 15 is 0 Å². The zero-order valence-corrected chi connectivity index (χ0v) is 18.3. The van der Waals surface area contributed by atoms with E-state index in [-0.39, 0.29) is 42.5 Å². The molecule has 0 saturated carbocycles. The van der Waals surface area contributed by atoms with E-state index < -0.39 is 0 Å². The van der Waals surface area contributed by atoms with Crippen LogP contribution in [-0.2, 0) is 11.3 Å². The third-order valence-corrected chi connectivity index (χ3v) is 6.11. The minimum absolute atomic E-state index is 0.126. The summed E-state index contributed by atoms with van der Waals surface area (Å²) in [5, 5.41) is 0. The summed E-state index contributed by atoms with van der Waals surface area (Å²) in [4.78, 5) is 42.2. The second-order valence-electron chi connectivity index (χ2n) is 8.42. The summed E-state index contributed by atoms with van der Waals surface area (Å²) < 4.78 is 11.1. The number of fused-ring (bicyclic) bond motifs is 1. The zero-order chi connectivity index (χ0) is 22.9. The largest absolute Gasteiger partial charge is 0.467 e. The van der Waals surface area contributed by atoms with Crippen LogP contribution in [0, 0.1) is 6.92 Å². The van der Waals surface area contributed by atoms with Crippen molar-refractivity contribution in [3.05, 3.63) is 88.9 Å². The lowest BCUT2D eigenvalue weighted by molar-refractivity contribution is 0.0475. The normalized spacial score (nSPS) is 17.5. The number of amides is 3. The molecule has 0 bridgehead atoms. The molecule has 1 unspecified atom stereocenters. The molecule has 33 heavy (non-hydrogen) atoms. The Morgan fingerprint density at radius 1 is 1.06 bits per heavy atom. The summed E-state index contributed by atoms with van der Waals surface area (Å²) in [6, 6.07) is 15.9. The quantitative estimate of drug-likeness (QED) is 0.532. The van der Waals surface area contributed by atoms with Crippen molar-refractivity contribution >= 4 is 23.4 Å². The Kier molecular flexibility index (Phi) is 5.56. The predicted molar refractivity (Wildman–Crippen MR) is 121 cm³/mol. The fourth-order valence-corrected chi connectivity index (χ4v) is 4.30. The number of nitrogens with zero attached hydrogens (tertiary/aromatic N) is 2. The molecule has 5 rings (SSSR count). The molecule has 7 heteroatoms. The fourth-order valence-electron chi connectivity index (χ4n) is 4.30. The number of carbonyl (C=O) groups excluding carboxylic acids is 3. The molecule has 3 heterocycles. The van der Waals surface area contributed by atoms with Crippen molar-refractivity contribution in [2.45, 2.75) is 32.4 Å². The van der Waals surface area contributed by atoms with Crippen molar-refractivity contribution in [3.63, 3.8) is 0 Å². The number of anilines is 1. The Hall–Kier alpha value is -3.71. The van der Waals surface area contributed by atoms with Gasteiger partial charge in [0.15, 0.2) is 0 Å². The molecule has 2 aromatic carbocycles. The number of hydrogen-bond acceptors (Lipinski definition) is 5. The highest BCUT2D eigenvalue weighted by molar-refractivity contribution is 6.22. The van der Waals surface area contributed by atoms with E-state index in [1.165, 1.54) is 11.0 Å². The number of aryl methyl sites for hydroxylation is 1. The molecule has 0 spiro atoms. The van der Waals surface area contributed by atoms with E-state index in [1.54, 1.807) is 29.4 Å². The molecule has 1 saturated heterocycles. The fraction of sp³-hybridized carbons (Fsp3) is 0.269. The van der Waals surface area contributed by atoms with Gasteiger partial charge >= 0.3 is 0 Å². The summed E-state index contributed by atoms with van der Waals surface area (Å²) in [6.07, 6.45) is 3.20. The molecule has 1 fully saturated rings. The standard InChI is InChI=1S/C26H24N2O5/c1-17-6-9-19(10-7-17)27(15-20-4-2-12-32-20)24(29)18-8-11-22-23(14-18)26(31)28(25(22)30)16-21-5-3-13-33-21/h2,4,6-12,14,21H,3,5,13,15-16H2,1H3. The van der Waals surface area contributed by atoms with E-state index in [4.69, 9.17) is 9.15 Å². The van der Waals surface area contributed by atoms with Crippen LogP contribution in [-0.4, -0.2) is 41.9 Å². The molecule has 0 N–H and O–H groups in total. The highest BCUT2D eigenvalue weighted by Crippen LogP contribution is 2.28. The third-order valence-electron chi connectivity index (χ3n) is 6.11. The Morgan fingerprint density at radius 3 is 2.55 bits per heavy atom. The first-order valence-corrected chi connectivity index (χ1v) is 11.0. The Labute approximate surface area is 191 Å². The SMILES string of the molecule is Cc1ccc(N(Cc2ccco2)C(=O)c2ccc3c(c2)C(=O)N(CC2CCCO2)C3=O)cc1. The van der Waals surface area contributed by atoms with Crippen LogP contribution in [0.15, 0.2) is 65.3 Å². The number of furan rings is 1. The van der Waals surface area contributed by atoms with Crippen molar-refractivity contribution in [3.8, 4) is 0 Å². The summed E-state index contributed by atoms with van der Waals surface area (Å²) in [5.74, 6) is -0.362. The summed E-state index contributed by atoms with van der Waals surface area (Å²) >= 11 is 0. The van der Waals surface area contributed by atoms with Crippen LogP contribution in [0.4, 0.5) is 5.69 Å². The lowest BCUT2D eigenvalue weighted by Gasteiger charge is -2.22. The molecule has 3 amide bonds. The average Bonchev–Trinajstić information content (AvgIpc) is 3.58. The molecular formula is C26H24N2O5. The van der Waals surface area contributed by atoms with Gasteiger partial charge < -0.3 is 14.1 Å². The molecule has 0 aliphatic carbocycles. The van der Waals surface area contributed by atoms with Gasteiger partial charge in [0.25, 0.3) is 17.7 Å². The topological polar surface area (TPSA) is 80.1 Å². The van der Waals surface area contributed by atoms with Crippen molar-refractivity contribution in [2.24, 2.45) is 0 Å². The molecule has 7 nitrogen and oxygen atoms in total. The maximum absolute atomic E-state index is 13.6. The van der Waals surface area contributed by atoms with Crippen LogP contribution in [0.3, 0.4) is 0 Å². The maximum atomic E-state index is 13.6. The average molecular weight is 444 g/mol. The van der Waals surface area contributed by atoms with Crippen LogP contribution in [0.1, 0.15) is 55.2 Å². The van der Waals surface area contributed by atoms with Crippen LogP contribution >= 0.6 is 0 Å². The number of ether oxygens (including phenoxy) is 1. The van der Waals surface area contributed by atoms with Gasteiger partial charge in [0.05, 0.1) is 36.6 Å². The van der Waals surface area contributed by atoms with Gasteiger partial charge in [0.2, 0.25) is 0 Å². The molecule has 168 valence electrons. The van der Waals surface area contributed by atoms with Crippen molar-refractivity contribution in [1.82, 2.24) is 4.90 Å². The van der Waals surface area contributed by atoms with Gasteiger partial charge in [-0.2, -0.15) is 0 Å². The van der Waals surface area contributed by atoms with Crippen LogP contribution in [0.5, 0.6) is 0 Å². The predicted octanol–water partition coefficient (Wildman–Crippen LogP) is 4.21. The number of imide groups is 1. The number of hydrogen-bond donors (Lipinski definition) is 0. The molecule has 2 aliphatic heterocycles. The van der Waals surface area contributed by atoms with Crippen LogP contribution < -0.4 is 4.90 Å². The third kappa shape index (κ3) is 4.07. The lowest BCUT2D eigenvalue weighted by atomic mass is 10.0. The van der Waals surface area contributed by atoms with Crippen molar-refractivity contribution < 1.29 is 23.5 Å². The number of rotatable bonds is 6. The monoisotopic (exact) mass is 444 g/mol. The summed E-state index contributed by atoms with van der Waals surface area (Å²) in [5.41, 5.74) is 2.70. The van der Waals surface area contributed by atoms with Crippen LogP contribution in [0.25, 0.3) is 0 Å². The summed E-state index contributed by atoms with van der Waals surface area (Å²) in [7, 11) is 0. The highest BCUT2D eigenvalue weighted by atomic mass is 16.5. The molecule has 0 radical (unpaired) electrons. The molecule has 2 aliphatic rings.